The molecule has 39 heavy (non-hydrogen) atoms. The molecule has 12 nitrogen and oxygen atoms in total. The third kappa shape index (κ3) is 13.8. The molecule has 0 bridgehead atoms. The second-order valence-corrected chi connectivity index (χ2v) is 10.7. The predicted molar refractivity (Wildman–Crippen MR) is 151 cm³/mol. The summed E-state index contributed by atoms with van der Waals surface area (Å²) < 4.78 is 34.1. The number of guanidine groups is 2. The fourth-order valence-corrected chi connectivity index (χ4v) is 4.51. The predicted octanol–water partition coefficient (Wildman–Crippen LogP) is 1.36. The van der Waals surface area contributed by atoms with E-state index in [0.29, 0.717) is 0 Å². The van der Waals surface area contributed by atoms with Gasteiger partial charge in [-0.05, 0) is 35.4 Å². The van der Waals surface area contributed by atoms with Gasteiger partial charge in [0.1, 0.15) is 0 Å². The molecule has 2 fully saturated rings. The summed E-state index contributed by atoms with van der Waals surface area (Å²) >= 11 is 11.9. The Morgan fingerprint density at radius 1 is 0.718 bits per heavy atom. The van der Waals surface area contributed by atoms with Crippen LogP contribution in [0.1, 0.15) is 11.1 Å². The smallest absolute Gasteiger partial charge is 0.188 e. The molecule has 0 unspecified atom stereocenters. The lowest BCUT2D eigenvalue weighted by atomic mass is 10.2. The first kappa shape index (κ1) is 32.6. The molecule has 216 valence electrons. The highest BCUT2D eigenvalue weighted by atomic mass is 35.5. The van der Waals surface area contributed by atoms with Crippen LogP contribution < -0.4 is 11.5 Å². The first-order valence-electron chi connectivity index (χ1n) is 12.1. The van der Waals surface area contributed by atoms with Gasteiger partial charge in [0.2, 0.25) is 0 Å². The highest BCUT2D eigenvalue weighted by Gasteiger charge is 2.18. The maximum absolute atomic E-state index is 8.52. The standard InChI is InChI=1S/2C12H17ClN4.H2O4S/c2*13-11-3-1-2-10(8-11)9-16-4-6-17(7-5-16)12(14)15;1-5(2,3)4/h2*1-3,8H,4-7,9H2,(H3,14,15);(H2,1,2,3,4)/p-2. The maximum Gasteiger partial charge on any atom is 0.188 e. The fraction of sp³-hybridized carbons (Fsp3) is 0.417. The zero-order valence-electron chi connectivity index (χ0n) is 21.4. The summed E-state index contributed by atoms with van der Waals surface area (Å²) in [7, 11) is -5.17. The van der Waals surface area contributed by atoms with Gasteiger partial charge in [0.15, 0.2) is 11.9 Å². The summed E-state index contributed by atoms with van der Waals surface area (Å²) in [6.07, 6.45) is 0. The van der Waals surface area contributed by atoms with Gasteiger partial charge in [-0.2, -0.15) is 0 Å². The van der Waals surface area contributed by atoms with E-state index in [1.807, 2.05) is 46.2 Å². The van der Waals surface area contributed by atoms with Gasteiger partial charge in [-0.15, -0.1) is 0 Å². The van der Waals surface area contributed by atoms with Gasteiger partial charge < -0.3 is 30.4 Å². The van der Waals surface area contributed by atoms with E-state index in [1.165, 1.54) is 11.1 Å². The van der Waals surface area contributed by atoms with E-state index in [9.17, 15) is 0 Å². The number of nitrogens with zero attached hydrogens (tertiary/aromatic N) is 4. The summed E-state index contributed by atoms with van der Waals surface area (Å²) in [6, 6.07) is 15.9. The molecule has 2 aromatic carbocycles. The average Bonchev–Trinajstić information content (AvgIpc) is 2.84. The van der Waals surface area contributed by atoms with E-state index in [2.05, 4.69) is 21.9 Å². The zero-order chi connectivity index (χ0) is 29.0. The highest BCUT2D eigenvalue weighted by Crippen LogP contribution is 2.15. The number of nitrogens with one attached hydrogen (secondary N) is 2. The Morgan fingerprint density at radius 2 is 1.03 bits per heavy atom. The van der Waals surface area contributed by atoms with Gasteiger partial charge in [0.05, 0.1) is 0 Å². The van der Waals surface area contributed by atoms with Crippen LogP contribution in [-0.4, -0.2) is 101 Å². The quantitative estimate of drug-likeness (QED) is 0.172. The third-order valence-electron chi connectivity index (χ3n) is 6.02. The first-order valence-corrected chi connectivity index (χ1v) is 14.2. The number of nitrogens with two attached hydrogens (primary N) is 2. The van der Waals surface area contributed by atoms with Crippen molar-refractivity contribution in [1.82, 2.24) is 19.6 Å². The van der Waals surface area contributed by atoms with E-state index < -0.39 is 10.4 Å². The molecule has 2 aromatic rings. The molecule has 2 aliphatic rings. The van der Waals surface area contributed by atoms with Crippen LogP contribution in [0.25, 0.3) is 0 Å². The van der Waals surface area contributed by atoms with Crippen LogP contribution in [0, 0.1) is 10.8 Å². The Bertz CT molecular complexity index is 1100. The zero-order valence-corrected chi connectivity index (χ0v) is 23.8. The fourth-order valence-electron chi connectivity index (χ4n) is 4.08. The van der Waals surface area contributed by atoms with Gasteiger partial charge >= 0.3 is 0 Å². The third-order valence-corrected chi connectivity index (χ3v) is 6.49. The normalized spacial score (nSPS) is 16.4. The molecule has 0 radical (unpaired) electrons. The topological polar surface area (TPSA) is 193 Å². The number of halogens is 2. The molecule has 4 rings (SSSR count). The molecule has 2 saturated heterocycles. The minimum Gasteiger partial charge on any atom is -0.759 e. The molecular formula is C24H34Cl2N8O4S-2. The summed E-state index contributed by atoms with van der Waals surface area (Å²) in [4.78, 5) is 8.50. The minimum absolute atomic E-state index is 0.174. The molecule has 0 saturated carbocycles. The van der Waals surface area contributed by atoms with Gasteiger partial charge in [0, 0.05) is 85.9 Å². The van der Waals surface area contributed by atoms with Gasteiger partial charge in [-0.1, -0.05) is 47.5 Å². The molecule has 6 N–H and O–H groups in total. The van der Waals surface area contributed by atoms with Crippen molar-refractivity contribution in [1.29, 1.82) is 10.8 Å². The average molecular weight is 602 g/mol. The lowest BCUT2D eigenvalue weighted by molar-refractivity contribution is 0.174. The Kier molecular flexibility index (Phi) is 13.2. The van der Waals surface area contributed by atoms with Crippen molar-refractivity contribution >= 4 is 45.5 Å². The highest BCUT2D eigenvalue weighted by molar-refractivity contribution is 7.79. The van der Waals surface area contributed by atoms with Gasteiger partial charge in [-0.3, -0.25) is 29.0 Å². The number of hydrogen-bond acceptors (Lipinski definition) is 8. The van der Waals surface area contributed by atoms with E-state index >= 15 is 0 Å². The monoisotopic (exact) mass is 600 g/mol. The van der Waals surface area contributed by atoms with Crippen LogP contribution >= 0.6 is 23.2 Å². The van der Waals surface area contributed by atoms with Crippen molar-refractivity contribution in [3.8, 4) is 0 Å². The molecule has 2 heterocycles. The number of benzene rings is 2. The van der Waals surface area contributed by atoms with E-state index in [-0.39, 0.29) is 11.9 Å². The largest absolute Gasteiger partial charge is 0.759 e. The van der Waals surface area contributed by atoms with Gasteiger partial charge in [0.25, 0.3) is 0 Å². The molecule has 0 aliphatic carbocycles. The van der Waals surface area contributed by atoms with Crippen molar-refractivity contribution in [2.75, 3.05) is 52.4 Å². The Hall–Kier alpha value is -2.65. The molecule has 0 atom stereocenters. The lowest BCUT2D eigenvalue weighted by Crippen LogP contribution is -2.50. The van der Waals surface area contributed by atoms with Crippen molar-refractivity contribution in [2.24, 2.45) is 11.5 Å². The molecule has 15 heteroatoms. The maximum atomic E-state index is 8.52. The van der Waals surface area contributed by atoms with Crippen LogP contribution in [0.5, 0.6) is 0 Å². The summed E-state index contributed by atoms with van der Waals surface area (Å²) in [5.74, 6) is 0.347. The number of rotatable bonds is 4. The Morgan fingerprint density at radius 3 is 1.28 bits per heavy atom. The van der Waals surface area contributed by atoms with Crippen molar-refractivity contribution in [2.45, 2.75) is 13.1 Å². The van der Waals surface area contributed by atoms with Crippen molar-refractivity contribution < 1.29 is 17.5 Å². The molecule has 2 aliphatic heterocycles. The molecule has 0 amide bonds. The summed E-state index contributed by atoms with van der Waals surface area (Å²) in [6.45, 7) is 8.88. The van der Waals surface area contributed by atoms with Crippen molar-refractivity contribution in [3.05, 3.63) is 69.7 Å². The van der Waals surface area contributed by atoms with E-state index in [0.717, 1.165) is 75.5 Å². The molecule has 0 aromatic heterocycles. The second-order valence-electron chi connectivity index (χ2n) is 8.96. The molecule has 0 spiro atoms. The Balaban J connectivity index is 0.000000234. The van der Waals surface area contributed by atoms with E-state index in [4.69, 9.17) is 63.0 Å². The SMILES string of the molecule is N=C(N)N1CCN(Cc2cccc(Cl)c2)CC1.N=C(N)N1CCN(Cc2cccc(Cl)c2)CC1.O=S(=O)([O-])[O-]. The van der Waals surface area contributed by atoms with Crippen LogP contribution in [0.4, 0.5) is 0 Å². The van der Waals surface area contributed by atoms with Crippen LogP contribution in [0.3, 0.4) is 0 Å². The van der Waals surface area contributed by atoms with Crippen LogP contribution in [0.2, 0.25) is 10.0 Å². The summed E-state index contributed by atoms with van der Waals surface area (Å²) in [5.41, 5.74) is 13.4. The first-order chi connectivity index (χ1) is 18.3. The van der Waals surface area contributed by atoms with Gasteiger partial charge in [-0.25, -0.2) is 0 Å². The lowest BCUT2D eigenvalue weighted by Gasteiger charge is -2.34. The van der Waals surface area contributed by atoms with Crippen molar-refractivity contribution in [3.63, 3.8) is 0 Å². The Labute approximate surface area is 239 Å². The van der Waals surface area contributed by atoms with Crippen LogP contribution in [-0.2, 0) is 23.5 Å². The minimum atomic E-state index is -5.17. The van der Waals surface area contributed by atoms with E-state index in [1.54, 1.807) is 0 Å². The van der Waals surface area contributed by atoms with Crippen LogP contribution in [0.15, 0.2) is 48.5 Å². The second kappa shape index (κ2) is 15.8. The molecular weight excluding hydrogens is 567 g/mol. The number of hydrogen-bond donors (Lipinski definition) is 4. The summed E-state index contributed by atoms with van der Waals surface area (Å²) in [5, 5.41) is 16.3. The number of piperazine rings is 2.